The predicted molar refractivity (Wildman–Crippen MR) is 92.4 cm³/mol. The summed E-state index contributed by atoms with van der Waals surface area (Å²) in [5.74, 6) is 0.729. The molecule has 126 valence electrons. The fourth-order valence-electron chi connectivity index (χ4n) is 2.25. The molecule has 24 heavy (non-hydrogen) atoms. The molecule has 2 aromatic rings. The van der Waals surface area contributed by atoms with Crippen molar-refractivity contribution in [3.63, 3.8) is 0 Å². The topological polar surface area (TPSA) is 81.5 Å². The van der Waals surface area contributed by atoms with E-state index in [2.05, 4.69) is 19.2 Å². The summed E-state index contributed by atoms with van der Waals surface area (Å²) in [7, 11) is 0. The van der Waals surface area contributed by atoms with Crippen LogP contribution in [-0.2, 0) is 4.79 Å². The highest BCUT2D eigenvalue weighted by Gasteiger charge is 2.11. The van der Waals surface area contributed by atoms with Gasteiger partial charge in [-0.2, -0.15) is 0 Å². The Hall–Kier alpha value is -2.89. The number of anilines is 1. The summed E-state index contributed by atoms with van der Waals surface area (Å²) in [5.41, 5.74) is 1.54. The third-order valence-electron chi connectivity index (χ3n) is 3.78. The van der Waals surface area contributed by atoms with Crippen molar-refractivity contribution in [1.29, 1.82) is 0 Å². The fraction of sp³-hybridized carbons (Fsp3) is 0.278. The lowest BCUT2D eigenvalue weighted by Crippen LogP contribution is -2.20. The average Bonchev–Trinajstić information content (AvgIpc) is 2.60. The molecule has 6 heteroatoms. The monoisotopic (exact) mass is 328 g/mol. The zero-order valence-corrected chi connectivity index (χ0v) is 13.7. The van der Waals surface area contributed by atoms with Crippen molar-refractivity contribution in [2.75, 3.05) is 11.9 Å². The smallest absolute Gasteiger partial charge is 0.269 e. The second-order valence-electron chi connectivity index (χ2n) is 5.49. The van der Waals surface area contributed by atoms with Gasteiger partial charge in [0.05, 0.1) is 4.92 Å². The summed E-state index contributed by atoms with van der Waals surface area (Å²) < 4.78 is 5.64. The van der Waals surface area contributed by atoms with Gasteiger partial charge in [0, 0.05) is 17.8 Å². The Morgan fingerprint density at radius 2 is 1.88 bits per heavy atom. The Balaban J connectivity index is 1.95. The molecule has 0 bridgehead atoms. The summed E-state index contributed by atoms with van der Waals surface area (Å²) in [6.45, 7) is 4.09. The van der Waals surface area contributed by atoms with E-state index in [1.54, 1.807) is 0 Å². The molecule has 0 aromatic heterocycles. The van der Waals surface area contributed by atoms with E-state index >= 15 is 0 Å². The number of rotatable bonds is 7. The zero-order valence-electron chi connectivity index (χ0n) is 13.7. The molecule has 6 nitrogen and oxygen atoms in total. The van der Waals surface area contributed by atoms with Crippen LogP contribution in [0, 0.1) is 10.1 Å². The maximum Gasteiger partial charge on any atom is 0.269 e. The van der Waals surface area contributed by atoms with Crippen LogP contribution in [0.1, 0.15) is 31.7 Å². The maximum atomic E-state index is 12.0. The minimum Gasteiger partial charge on any atom is -0.483 e. The summed E-state index contributed by atoms with van der Waals surface area (Å²) in [6.07, 6.45) is 0.982. The second-order valence-corrected chi connectivity index (χ2v) is 5.49. The van der Waals surface area contributed by atoms with Crippen molar-refractivity contribution in [1.82, 2.24) is 0 Å². The van der Waals surface area contributed by atoms with E-state index in [0.29, 0.717) is 17.4 Å². The molecular formula is C18H20N2O4. The first-order valence-corrected chi connectivity index (χ1v) is 7.77. The van der Waals surface area contributed by atoms with Crippen molar-refractivity contribution in [3.8, 4) is 5.75 Å². The van der Waals surface area contributed by atoms with Crippen LogP contribution in [0.5, 0.6) is 5.75 Å². The Morgan fingerprint density at radius 1 is 1.21 bits per heavy atom. The highest BCUT2D eigenvalue weighted by Crippen LogP contribution is 2.28. The summed E-state index contributed by atoms with van der Waals surface area (Å²) >= 11 is 0. The van der Waals surface area contributed by atoms with Gasteiger partial charge in [-0.15, -0.1) is 0 Å². The Morgan fingerprint density at radius 3 is 2.50 bits per heavy atom. The molecule has 0 unspecified atom stereocenters. The van der Waals surface area contributed by atoms with Gasteiger partial charge in [-0.1, -0.05) is 32.0 Å². The van der Waals surface area contributed by atoms with Gasteiger partial charge in [0.25, 0.3) is 11.6 Å². The average molecular weight is 328 g/mol. The maximum absolute atomic E-state index is 12.0. The third kappa shape index (κ3) is 4.55. The van der Waals surface area contributed by atoms with Crippen molar-refractivity contribution >= 4 is 17.3 Å². The fourth-order valence-corrected chi connectivity index (χ4v) is 2.25. The van der Waals surface area contributed by atoms with Crippen molar-refractivity contribution in [2.45, 2.75) is 26.2 Å². The van der Waals surface area contributed by atoms with Gasteiger partial charge in [-0.05, 0) is 36.1 Å². The molecule has 0 saturated heterocycles. The summed E-state index contributed by atoms with van der Waals surface area (Å²) in [5, 5.41) is 13.3. The minimum absolute atomic E-state index is 0.0215. The largest absolute Gasteiger partial charge is 0.483 e. The highest BCUT2D eigenvalue weighted by atomic mass is 16.6. The van der Waals surface area contributed by atoms with Crippen molar-refractivity contribution in [2.24, 2.45) is 0 Å². The van der Waals surface area contributed by atoms with E-state index in [0.717, 1.165) is 12.0 Å². The van der Waals surface area contributed by atoms with E-state index in [4.69, 9.17) is 4.74 Å². The number of carbonyl (C=O) groups excluding carboxylic acids is 1. The number of amides is 1. The number of nitrogens with zero attached hydrogens (tertiary/aromatic N) is 1. The molecule has 0 aliphatic rings. The Kier molecular flexibility index (Phi) is 5.89. The number of nitro benzene ring substituents is 1. The van der Waals surface area contributed by atoms with Crippen LogP contribution in [0.15, 0.2) is 48.5 Å². The molecule has 0 radical (unpaired) electrons. The summed E-state index contributed by atoms with van der Waals surface area (Å²) in [4.78, 5) is 22.1. The highest BCUT2D eigenvalue weighted by molar-refractivity contribution is 5.91. The Bertz CT molecular complexity index is 713. The lowest BCUT2D eigenvalue weighted by atomic mass is 9.98. The van der Waals surface area contributed by atoms with Crippen LogP contribution in [0.2, 0.25) is 0 Å². The minimum atomic E-state index is -0.486. The number of nitro groups is 1. The predicted octanol–water partition coefficient (Wildman–Crippen LogP) is 4.13. The lowest BCUT2D eigenvalue weighted by molar-refractivity contribution is -0.384. The number of carbonyl (C=O) groups is 1. The number of non-ortho nitro benzene ring substituents is 1. The van der Waals surface area contributed by atoms with Crippen molar-refractivity contribution < 1.29 is 14.5 Å². The van der Waals surface area contributed by atoms with Crippen LogP contribution >= 0.6 is 0 Å². The van der Waals surface area contributed by atoms with E-state index < -0.39 is 4.92 Å². The Labute approximate surface area is 140 Å². The molecule has 2 rings (SSSR count). The van der Waals surface area contributed by atoms with Gasteiger partial charge in [-0.3, -0.25) is 14.9 Å². The zero-order chi connectivity index (χ0) is 17.5. The van der Waals surface area contributed by atoms with Crippen LogP contribution < -0.4 is 10.1 Å². The molecule has 1 atom stereocenters. The number of nitrogens with one attached hydrogen (secondary N) is 1. The van der Waals surface area contributed by atoms with Crippen LogP contribution in [0.4, 0.5) is 11.4 Å². The normalized spacial score (nSPS) is 11.6. The second kappa shape index (κ2) is 8.10. The van der Waals surface area contributed by atoms with Crippen LogP contribution in [0.3, 0.4) is 0 Å². The van der Waals surface area contributed by atoms with E-state index in [1.165, 1.54) is 24.3 Å². The van der Waals surface area contributed by atoms with Gasteiger partial charge in [0.2, 0.25) is 0 Å². The number of ether oxygens (including phenoxy) is 1. The number of hydrogen-bond donors (Lipinski definition) is 1. The molecule has 2 aromatic carbocycles. The van der Waals surface area contributed by atoms with Crippen LogP contribution in [-0.4, -0.2) is 17.4 Å². The summed E-state index contributed by atoms with van der Waals surface area (Å²) in [6, 6.07) is 13.3. The molecular weight excluding hydrogens is 308 g/mol. The number of hydrogen-bond acceptors (Lipinski definition) is 4. The van der Waals surface area contributed by atoms with Crippen molar-refractivity contribution in [3.05, 3.63) is 64.2 Å². The SMILES string of the molecule is CC[C@H](C)c1ccccc1OCC(=O)Nc1ccc([N+](=O)[O-])cc1. The van der Waals surface area contributed by atoms with Gasteiger partial charge in [0.1, 0.15) is 5.75 Å². The van der Waals surface area contributed by atoms with E-state index in [9.17, 15) is 14.9 Å². The quantitative estimate of drug-likeness (QED) is 0.612. The lowest BCUT2D eigenvalue weighted by Gasteiger charge is -2.15. The van der Waals surface area contributed by atoms with Gasteiger partial charge in [0.15, 0.2) is 6.61 Å². The standard InChI is InChI=1S/C18H20N2O4/c1-3-13(2)16-6-4-5-7-17(16)24-12-18(21)19-14-8-10-15(11-9-14)20(22)23/h4-11,13H,3,12H2,1-2H3,(H,19,21)/t13-/m0/s1. The molecule has 0 aliphatic carbocycles. The number of para-hydroxylation sites is 1. The third-order valence-corrected chi connectivity index (χ3v) is 3.78. The van der Waals surface area contributed by atoms with Gasteiger partial charge < -0.3 is 10.1 Å². The van der Waals surface area contributed by atoms with Gasteiger partial charge >= 0.3 is 0 Å². The van der Waals surface area contributed by atoms with Gasteiger partial charge in [-0.25, -0.2) is 0 Å². The van der Waals surface area contributed by atoms with E-state index in [-0.39, 0.29) is 18.2 Å². The molecule has 0 heterocycles. The first kappa shape index (κ1) is 17.5. The number of benzene rings is 2. The van der Waals surface area contributed by atoms with Crippen LogP contribution in [0.25, 0.3) is 0 Å². The molecule has 0 fully saturated rings. The molecule has 1 N–H and O–H groups in total. The molecule has 0 aliphatic heterocycles. The molecule has 1 amide bonds. The molecule has 0 saturated carbocycles. The molecule has 0 spiro atoms. The van der Waals surface area contributed by atoms with E-state index in [1.807, 2.05) is 24.3 Å². The first-order chi connectivity index (χ1) is 11.5. The first-order valence-electron chi connectivity index (χ1n) is 7.77.